The molecule has 162 valence electrons. The Morgan fingerprint density at radius 3 is 2.47 bits per heavy atom. The summed E-state index contributed by atoms with van der Waals surface area (Å²) >= 11 is 1.14. The minimum absolute atomic E-state index is 0. The maximum Gasteiger partial charge on any atom is 0.247 e. The lowest BCUT2D eigenvalue weighted by Crippen LogP contribution is -2.36. The van der Waals surface area contributed by atoms with Crippen LogP contribution in [0.4, 0.5) is 0 Å². The van der Waals surface area contributed by atoms with Crippen LogP contribution in [0.2, 0.25) is 0 Å². The third-order valence-electron chi connectivity index (χ3n) is 4.25. The van der Waals surface area contributed by atoms with E-state index in [0.717, 1.165) is 38.9 Å². The first kappa shape index (κ1) is 24.3. The average Bonchev–Trinajstić information content (AvgIpc) is 3.28. The first-order valence-electron chi connectivity index (χ1n) is 8.95. The molecule has 2 heterocycles. The SMILES string of the molecule is CN=C(NCc1ccc(S(N)(=O)=O)s1)NCc1ccccc1-n1nc(C)cc1C.I. The fourth-order valence-electron chi connectivity index (χ4n) is 2.92. The van der Waals surface area contributed by atoms with Crippen LogP contribution in [0.25, 0.3) is 5.69 Å². The van der Waals surface area contributed by atoms with Gasteiger partial charge in [-0.25, -0.2) is 18.2 Å². The third-order valence-corrected chi connectivity index (χ3v) is 6.77. The number of nitrogens with two attached hydrogens (primary N) is 1. The van der Waals surface area contributed by atoms with E-state index in [9.17, 15) is 8.42 Å². The smallest absolute Gasteiger partial charge is 0.247 e. The molecule has 0 saturated heterocycles. The Kier molecular flexibility index (Phi) is 8.41. The van der Waals surface area contributed by atoms with Gasteiger partial charge < -0.3 is 10.6 Å². The summed E-state index contributed by atoms with van der Waals surface area (Å²) in [5.74, 6) is 0.610. The van der Waals surface area contributed by atoms with E-state index in [2.05, 4.69) is 20.7 Å². The van der Waals surface area contributed by atoms with Crippen LogP contribution in [0, 0.1) is 13.8 Å². The van der Waals surface area contributed by atoms with Gasteiger partial charge >= 0.3 is 0 Å². The topological polar surface area (TPSA) is 114 Å². The molecular weight excluding hydrogens is 535 g/mol. The van der Waals surface area contributed by atoms with E-state index in [1.807, 2.05) is 48.9 Å². The third kappa shape index (κ3) is 6.03. The molecule has 0 unspecified atom stereocenters. The molecule has 0 atom stereocenters. The normalized spacial score (nSPS) is 11.8. The summed E-state index contributed by atoms with van der Waals surface area (Å²) in [6.07, 6.45) is 0. The lowest BCUT2D eigenvalue weighted by atomic mass is 10.1. The maximum absolute atomic E-state index is 11.4. The molecule has 0 aliphatic heterocycles. The van der Waals surface area contributed by atoms with Gasteiger partial charge in [0.15, 0.2) is 5.96 Å². The molecule has 0 radical (unpaired) electrons. The van der Waals surface area contributed by atoms with Crippen molar-refractivity contribution >= 4 is 51.3 Å². The largest absolute Gasteiger partial charge is 0.352 e. The van der Waals surface area contributed by atoms with E-state index in [4.69, 9.17) is 5.14 Å². The van der Waals surface area contributed by atoms with E-state index in [0.29, 0.717) is 19.0 Å². The Balaban J connectivity index is 0.00000320. The summed E-state index contributed by atoms with van der Waals surface area (Å²) in [6.45, 7) is 5.00. The second-order valence-corrected chi connectivity index (χ2v) is 9.47. The second-order valence-electron chi connectivity index (χ2n) is 6.51. The lowest BCUT2D eigenvalue weighted by Gasteiger charge is -2.14. The van der Waals surface area contributed by atoms with Gasteiger partial charge in [-0.2, -0.15) is 5.10 Å². The fraction of sp³-hybridized carbons (Fsp3) is 0.263. The first-order valence-corrected chi connectivity index (χ1v) is 11.3. The number of hydrogen-bond donors (Lipinski definition) is 3. The van der Waals surface area contributed by atoms with Gasteiger partial charge in [-0.3, -0.25) is 4.99 Å². The van der Waals surface area contributed by atoms with Gasteiger partial charge in [-0.15, -0.1) is 35.3 Å². The van der Waals surface area contributed by atoms with Crippen LogP contribution >= 0.6 is 35.3 Å². The van der Waals surface area contributed by atoms with Crippen LogP contribution in [0.15, 0.2) is 51.7 Å². The lowest BCUT2D eigenvalue weighted by molar-refractivity contribution is 0.600. The van der Waals surface area contributed by atoms with Gasteiger partial charge in [0.2, 0.25) is 10.0 Å². The summed E-state index contributed by atoms with van der Waals surface area (Å²) in [7, 11) is -1.98. The van der Waals surface area contributed by atoms with Gasteiger partial charge in [0.05, 0.1) is 17.9 Å². The van der Waals surface area contributed by atoms with Crippen molar-refractivity contribution in [2.75, 3.05) is 7.05 Å². The number of hydrogen-bond acceptors (Lipinski definition) is 5. The minimum atomic E-state index is -3.67. The van der Waals surface area contributed by atoms with Crippen LogP contribution in [0.1, 0.15) is 21.8 Å². The second kappa shape index (κ2) is 10.4. The van der Waals surface area contributed by atoms with Gasteiger partial charge in [-0.05, 0) is 43.7 Å². The Hall–Kier alpha value is -1.96. The highest BCUT2D eigenvalue weighted by molar-refractivity contribution is 14.0. The zero-order valence-corrected chi connectivity index (χ0v) is 20.9. The van der Waals surface area contributed by atoms with Crippen molar-refractivity contribution in [2.45, 2.75) is 31.1 Å². The summed E-state index contributed by atoms with van der Waals surface area (Å²) in [5, 5.41) is 16.2. The van der Waals surface area contributed by atoms with Crippen LogP contribution < -0.4 is 15.8 Å². The van der Waals surface area contributed by atoms with Crippen LogP contribution in [-0.2, 0) is 23.1 Å². The molecular formula is C19H25IN6O2S2. The first-order chi connectivity index (χ1) is 13.8. The summed E-state index contributed by atoms with van der Waals surface area (Å²) < 4.78 is 24.9. The van der Waals surface area contributed by atoms with Gasteiger partial charge in [0, 0.05) is 24.2 Å². The summed E-state index contributed by atoms with van der Waals surface area (Å²) in [4.78, 5) is 5.08. The van der Waals surface area contributed by atoms with E-state index >= 15 is 0 Å². The Bertz CT molecular complexity index is 1140. The number of rotatable bonds is 6. The van der Waals surface area contributed by atoms with E-state index in [1.165, 1.54) is 6.07 Å². The van der Waals surface area contributed by atoms with Crippen LogP contribution in [0.3, 0.4) is 0 Å². The number of para-hydroxylation sites is 1. The van der Waals surface area contributed by atoms with Crippen molar-refractivity contribution in [3.05, 3.63) is 64.3 Å². The Labute approximate surface area is 197 Å². The molecule has 0 aliphatic carbocycles. The molecule has 8 nitrogen and oxygen atoms in total. The van der Waals surface area contributed by atoms with Crippen LogP contribution in [0.5, 0.6) is 0 Å². The molecule has 0 aliphatic rings. The number of nitrogens with one attached hydrogen (secondary N) is 2. The zero-order chi connectivity index (χ0) is 21.0. The van der Waals surface area contributed by atoms with Crippen molar-refractivity contribution < 1.29 is 8.42 Å². The molecule has 0 spiro atoms. The number of benzene rings is 1. The number of halogens is 1. The van der Waals surface area contributed by atoms with Crippen molar-refractivity contribution in [3.8, 4) is 5.69 Å². The molecule has 3 aromatic rings. The number of nitrogens with zero attached hydrogens (tertiary/aromatic N) is 3. The van der Waals surface area contributed by atoms with E-state index < -0.39 is 10.0 Å². The van der Waals surface area contributed by atoms with Gasteiger partial charge in [0.25, 0.3) is 0 Å². The Morgan fingerprint density at radius 1 is 1.17 bits per heavy atom. The number of aliphatic imine (C=N–C) groups is 1. The number of guanidine groups is 1. The maximum atomic E-state index is 11.4. The van der Waals surface area contributed by atoms with Gasteiger partial charge in [-0.1, -0.05) is 18.2 Å². The van der Waals surface area contributed by atoms with Crippen molar-refractivity contribution in [2.24, 2.45) is 10.1 Å². The predicted molar refractivity (Wildman–Crippen MR) is 131 cm³/mol. The van der Waals surface area contributed by atoms with Gasteiger partial charge in [0.1, 0.15) is 4.21 Å². The number of sulfonamides is 1. The molecule has 1 aromatic carbocycles. The quantitative estimate of drug-likeness (QED) is 0.244. The fourth-order valence-corrected chi connectivity index (χ4v) is 4.63. The molecule has 0 amide bonds. The molecule has 30 heavy (non-hydrogen) atoms. The highest BCUT2D eigenvalue weighted by atomic mass is 127. The number of aromatic nitrogens is 2. The van der Waals surface area contributed by atoms with Crippen molar-refractivity contribution in [3.63, 3.8) is 0 Å². The molecule has 0 fully saturated rings. The molecule has 0 bridgehead atoms. The Morgan fingerprint density at radius 2 is 1.87 bits per heavy atom. The van der Waals surface area contributed by atoms with E-state index in [1.54, 1.807) is 13.1 Å². The molecule has 11 heteroatoms. The zero-order valence-electron chi connectivity index (χ0n) is 16.9. The molecule has 3 rings (SSSR count). The number of aryl methyl sites for hydroxylation is 2. The monoisotopic (exact) mass is 560 g/mol. The van der Waals surface area contributed by atoms with Crippen LogP contribution in [-0.4, -0.2) is 31.2 Å². The van der Waals surface area contributed by atoms with Crippen molar-refractivity contribution in [1.82, 2.24) is 20.4 Å². The standard InChI is InChI=1S/C19H24N6O2S2.HI/c1-13-10-14(2)25(24-13)17-7-5-4-6-15(17)11-22-19(21-3)23-12-16-8-9-18(28-16)29(20,26)27;/h4-10H,11-12H2,1-3H3,(H2,20,26,27)(H2,21,22,23);1H. The number of primary sulfonamides is 1. The molecule has 0 saturated carbocycles. The highest BCUT2D eigenvalue weighted by Crippen LogP contribution is 2.20. The van der Waals surface area contributed by atoms with Crippen molar-refractivity contribution in [1.29, 1.82) is 0 Å². The molecule has 4 N–H and O–H groups in total. The minimum Gasteiger partial charge on any atom is -0.352 e. The average molecular weight is 560 g/mol. The molecule has 2 aromatic heterocycles. The number of thiophene rings is 1. The predicted octanol–water partition coefficient (Wildman–Crippen LogP) is 2.68. The van der Waals surface area contributed by atoms with E-state index in [-0.39, 0.29) is 28.2 Å². The highest BCUT2D eigenvalue weighted by Gasteiger charge is 2.12. The summed E-state index contributed by atoms with van der Waals surface area (Å²) in [6, 6.07) is 13.4. The summed E-state index contributed by atoms with van der Waals surface area (Å²) in [5.41, 5.74) is 4.13.